The van der Waals surface area contributed by atoms with Crippen LogP contribution in [0.25, 0.3) is 0 Å². The van der Waals surface area contributed by atoms with Crippen LogP contribution in [0.2, 0.25) is 5.02 Å². The van der Waals surface area contributed by atoms with Crippen molar-refractivity contribution in [3.05, 3.63) is 28.8 Å². The Morgan fingerprint density at radius 1 is 1.31 bits per heavy atom. The van der Waals surface area contributed by atoms with Crippen LogP contribution >= 0.6 is 11.6 Å². The molecule has 0 aromatic heterocycles. The molecule has 0 radical (unpaired) electrons. The van der Waals surface area contributed by atoms with E-state index in [0.717, 1.165) is 6.42 Å². The Morgan fingerprint density at radius 2 is 2.06 bits per heavy atom. The Balaban J connectivity index is 1.95. The second-order valence-corrected chi connectivity index (χ2v) is 9.18. The van der Waals surface area contributed by atoms with Crippen molar-refractivity contribution < 1.29 is 14.3 Å². The summed E-state index contributed by atoms with van der Waals surface area (Å²) in [5.41, 5.74) is 0.485. The Kier molecular flexibility index (Phi) is 9.16. The summed E-state index contributed by atoms with van der Waals surface area (Å²) in [6.07, 6.45) is 2.53. The summed E-state index contributed by atoms with van der Waals surface area (Å²) >= 11 is 6.00. The largest absolute Gasteiger partial charge is 0.444 e. The molecule has 1 aromatic rings. The number of carbonyl (C=O) groups is 2. The van der Waals surface area contributed by atoms with Gasteiger partial charge >= 0.3 is 6.09 Å². The Morgan fingerprint density at radius 3 is 2.72 bits per heavy atom. The lowest BCUT2D eigenvalue weighted by Gasteiger charge is -2.27. The lowest BCUT2D eigenvalue weighted by molar-refractivity contribution is -0.133. The summed E-state index contributed by atoms with van der Waals surface area (Å²) in [6.45, 7) is 6.36. The lowest BCUT2D eigenvalue weighted by Crippen LogP contribution is -2.50. The lowest BCUT2D eigenvalue weighted by atomic mass is 10.1. The van der Waals surface area contributed by atoms with Crippen molar-refractivity contribution in [3.63, 3.8) is 0 Å². The van der Waals surface area contributed by atoms with Crippen LogP contribution < -0.4 is 10.6 Å². The van der Waals surface area contributed by atoms with Gasteiger partial charge in [0.05, 0.1) is 17.3 Å². The zero-order chi connectivity index (χ0) is 23.7. The molecule has 0 unspecified atom stereocenters. The van der Waals surface area contributed by atoms with Gasteiger partial charge < -0.3 is 20.3 Å². The van der Waals surface area contributed by atoms with E-state index in [0.29, 0.717) is 55.0 Å². The van der Waals surface area contributed by atoms with Crippen LogP contribution in [0.1, 0.15) is 58.4 Å². The van der Waals surface area contributed by atoms with E-state index in [1.807, 2.05) is 0 Å². The van der Waals surface area contributed by atoms with Gasteiger partial charge in [0, 0.05) is 18.1 Å². The molecule has 1 fully saturated rings. The minimum Gasteiger partial charge on any atom is -0.444 e. The molecule has 1 aliphatic rings. The highest BCUT2D eigenvalue weighted by molar-refractivity contribution is 6.30. The summed E-state index contributed by atoms with van der Waals surface area (Å²) < 4.78 is 5.31. The first-order valence-corrected chi connectivity index (χ1v) is 11.2. The average molecular weight is 460 g/mol. The summed E-state index contributed by atoms with van der Waals surface area (Å²) in [6, 6.07) is 8.08. The Bertz CT molecular complexity index is 900. The minimum absolute atomic E-state index is 0.255. The third-order valence-electron chi connectivity index (χ3n) is 5.01. The molecule has 0 spiro atoms. The molecular weight excluding hydrogens is 430 g/mol. The van der Waals surface area contributed by atoms with Crippen molar-refractivity contribution in [1.29, 1.82) is 10.5 Å². The zero-order valence-corrected chi connectivity index (χ0v) is 19.5. The van der Waals surface area contributed by atoms with E-state index >= 15 is 0 Å². The van der Waals surface area contributed by atoms with Gasteiger partial charge in [0.15, 0.2) is 0 Å². The predicted molar refractivity (Wildman–Crippen MR) is 122 cm³/mol. The van der Waals surface area contributed by atoms with Crippen LogP contribution in [0.15, 0.2) is 18.2 Å². The molecular formula is C23H30ClN5O3. The van der Waals surface area contributed by atoms with Crippen molar-refractivity contribution in [3.8, 4) is 12.1 Å². The van der Waals surface area contributed by atoms with E-state index < -0.39 is 23.8 Å². The van der Waals surface area contributed by atoms with E-state index in [-0.39, 0.29) is 5.91 Å². The van der Waals surface area contributed by atoms with Crippen LogP contribution in [0.4, 0.5) is 10.5 Å². The monoisotopic (exact) mass is 459 g/mol. The molecule has 1 saturated heterocycles. The van der Waals surface area contributed by atoms with E-state index in [9.17, 15) is 20.1 Å². The van der Waals surface area contributed by atoms with Gasteiger partial charge in [-0.05, 0) is 71.1 Å². The normalized spacial score (nSPS) is 16.6. The highest BCUT2D eigenvalue weighted by Gasteiger charge is 2.34. The molecule has 2 N–H and O–H groups in total. The molecule has 1 aliphatic heterocycles. The van der Waals surface area contributed by atoms with Gasteiger partial charge in [0.2, 0.25) is 5.91 Å². The Hall–Kier alpha value is -2.97. The number of nitriles is 2. The number of likely N-dealkylation sites (tertiary alicyclic amines) is 1. The molecule has 0 bridgehead atoms. The molecule has 2 rings (SSSR count). The van der Waals surface area contributed by atoms with Gasteiger partial charge in [-0.1, -0.05) is 11.6 Å². The quantitative estimate of drug-likeness (QED) is 0.562. The standard InChI is InChI=1S/C23H30ClN5O3/c1-23(2,3)32-22(31)28-19(21(30)29-12-6-7-18(29)15-26)8-4-5-11-27-20-13-17(24)10-9-16(20)14-25/h9-10,13,18-19,27H,4-8,11-12H2,1-3H3,(H,28,31)/t18-,19-/m0/s1. The predicted octanol–water partition coefficient (Wildman–Crippen LogP) is 4.20. The van der Waals surface area contributed by atoms with Crippen molar-refractivity contribution in [2.45, 2.75) is 70.6 Å². The minimum atomic E-state index is -0.764. The number of nitrogens with one attached hydrogen (secondary N) is 2. The number of nitrogens with zero attached hydrogens (tertiary/aromatic N) is 3. The number of ether oxygens (including phenoxy) is 1. The number of anilines is 1. The smallest absolute Gasteiger partial charge is 0.408 e. The van der Waals surface area contributed by atoms with Gasteiger partial charge in [0.25, 0.3) is 0 Å². The second kappa shape index (κ2) is 11.6. The van der Waals surface area contributed by atoms with Gasteiger partial charge in [-0.25, -0.2) is 4.79 Å². The van der Waals surface area contributed by atoms with E-state index in [2.05, 4.69) is 22.8 Å². The van der Waals surface area contributed by atoms with Crippen LogP contribution in [0.5, 0.6) is 0 Å². The number of hydrogen-bond donors (Lipinski definition) is 2. The maximum atomic E-state index is 13.1. The number of halogens is 1. The Labute approximate surface area is 194 Å². The molecule has 2 amide bonds. The fraction of sp³-hybridized carbons (Fsp3) is 0.565. The first-order chi connectivity index (χ1) is 15.1. The molecule has 9 heteroatoms. The van der Waals surface area contributed by atoms with Crippen molar-refractivity contribution in [2.24, 2.45) is 0 Å². The third-order valence-corrected chi connectivity index (χ3v) is 5.25. The molecule has 8 nitrogen and oxygen atoms in total. The molecule has 172 valence electrons. The first kappa shape index (κ1) is 25.3. The topological polar surface area (TPSA) is 118 Å². The number of rotatable bonds is 8. The fourth-order valence-electron chi connectivity index (χ4n) is 3.53. The van der Waals surface area contributed by atoms with Crippen LogP contribution in [-0.4, -0.2) is 47.7 Å². The summed E-state index contributed by atoms with van der Waals surface area (Å²) in [7, 11) is 0. The molecule has 1 heterocycles. The number of carbonyl (C=O) groups excluding carboxylic acids is 2. The summed E-state index contributed by atoms with van der Waals surface area (Å²) in [5, 5.41) is 24.9. The first-order valence-electron chi connectivity index (χ1n) is 10.8. The number of alkyl carbamates (subject to hydrolysis) is 1. The number of amides is 2. The second-order valence-electron chi connectivity index (χ2n) is 8.74. The molecule has 0 aliphatic carbocycles. The molecule has 1 aromatic carbocycles. The average Bonchev–Trinajstić information content (AvgIpc) is 3.19. The number of unbranched alkanes of at least 4 members (excludes halogenated alkanes) is 1. The van der Waals surface area contributed by atoms with E-state index in [1.165, 1.54) is 0 Å². The third kappa shape index (κ3) is 7.62. The molecule has 2 atom stereocenters. The summed E-state index contributed by atoms with van der Waals surface area (Å²) in [4.78, 5) is 26.9. The van der Waals surface area contributed by atoms with Gasteiger partial charge in [-0.15, -0.1) is 0 Å². The number of benzene rings is 1. The highest BCUT2D eigenvalue weighted by Crippen LogP contribution is 2.21. The van der Waals surface area contributed by atoms with Crippen LogP contribution in [-0.2, 0) is 9.53 Å². The van der Waals surface area contributed by atoms with E-state index in [1.54, 1.807) is 43.9 Å². The number of hydrogen-bond acceptors (Lipinski definition) is 6. The summed E-state index contributed by atoms with van der Waals surface area (Å²) in [5.74, 6) is -0.255. The maximum absolute atomic E-state index is 13.1. The highest BCUT2D eigenvalue weighted by atomic mass is 35.5. The SMILES string of the molecule is CC(C)(C)OC(=O)N[C@@H](CCCCNc1cc(Cl)ccc1C#N)C(=O)N1CCC[C@H]1C#N. The van der Waals surface area contributed by atoms with Crippen molar-refractivity contribution in [2.75, 3.05) is 18.4 Å². The van der Waals surface area contributed by atoms with Gasteiger partial charge in [-0.2, -0.15) is 10.5 Å². The molecule has 32 heavy (non-hydrogen) atoms. The van der Waals surface area contributed by atoms with Gasteiger partial charge in [0.1, 0.15) is 23.8 Å². The van der Waals surface area contributed by atoms with Gasteiger partial charge in [-0.3, -0.25) is 4.79 Å². The van der Waals surface area contributed by atoms with Crippen molar-refractivity contribution >= 4 is 29.3 Å². The van der Waals surface area contributed by atoms with Crippen molar-refractivity contribution in [1.82, 2.24) is 10.2 Å². The zero-order valence-electron chi connectivity index (χ0n) is 18.8. The van der Waals surface area contributed by atoms with Crippen LogP contribution in [0, 0.1) is 22.7 Å². The maximum Gasteiger partial charge on any atom is 0.408 e. The van der Waals surface area contributed by atoms with Crippen LogP contribution in [0.3, 0.4) is 0 Å². The fourth-order valence-corrected chi connectivity index (χ4v) is 3.70. The van der Waals surface area contributed by atoms with E-state index in [4.69, 9.17) is 16.3 Å². The molecule has 0 saturated carbocycles.